The van der Waals surface area contributed by atoms with Crippen molar-refractivity contribution >= 4 is 11.5 Å². The van der Waals surface area contributed by atoms with E-state index in [1.165, 1.54) is 6.42 Å². The SMILES string of the molecule is COc1ccc(-c2cc(N3CCCCC3)c(C#N)c(C(C)=O)c2-c2ccccc2)cc1. The summed E-state index contributed by atoms with van der Waals surface area (Å²) in [7, 11) is 1.65. The highest BCUT2D eigenvalue weighted by Crippen LogP contribution is 2.42. The Morgan fingerprint density at radius 1 is 0.968 bits per heavy atom. The maximum atomic E-state index is 12.9. The molecule has 0 bridgehead atoms. The molecule has 1 saturated heterocycles. The molecule has 0 N–H and O–H groups in total. The molecule has 0 atom stereocenters. The minimum absolute atomic E-state index is 0.0935. The summed E-state index contributed by atoms with van der Waals surface area (Å²) in [5, 5.41) is 10.1. The minimum atomic E-state index is -0.0935. The topological polar surface area (TPSA) is 53.3 Å². The van der Waals surface area contributed by atoms with Gasteiger partial charge in [0.1, 0.15) is 11.8 Å². The summed E-state index contributed by atoms with van der Waals surface area (Å²) in [6.07, 6.45) is 3.39. The van der Waals surface area contributed by atoms with E-state index in [0.29, 0.717) is 11.1 Å². The summed E-state index contributed by atoms with van der Waals surface area (Å²) in [6.45, 7) is 3.36. The number of Topliss-reactive ketones (excluding diaryl/α,β-unsaturated/α-hetero) is 1. The van der Waals surface area contributed by atoms with E-state index in [1.807, 2.05) is 54.6 Å². The molecule has 1 aliphatic heterocycles. The Morgan fingerprint density at radius 3 is 2.23 bits per heavy atom. The van der Waals surface area contributed by atoms with Gasteiger partial charge in [-0.3, -0.25) is 4.79 Å². The third-order valence-electron chi connectivity index (χ3n) is 5.93. The highest BCUT2D eigenvalue weighted by Gasteiger charge is 2.26. The van der Waals surface area contributed by atoms with Crippen molar-refractivity contribution in [2.45, 2.75) is 26.2 Å². The Hall–Kier alpha value is -3.58. The quantitative estimate of drug-likeness (QED) is 0.477. The fourth-order valence-corrected chi connectivity index (χ4v) is 4.42. The van der Waals surface area contributed by atoms with Crippen LogP contribution in [0.4, 0.5) is 5.69 Å². The number of piperidine rings is 1. The molecule has 0 radical (unpaired) electrons. The summed E-state index contributed by atoms with van der Waals surface area (Å²) < 4.78 is 5.33. The van der Waals surface area contributed by atoms with Gasteiger partial charge in [-0.1, -0.05) is 42.5 Å². The summed E-state index contributed by atoms with van der Waals surface area (Å²) in [5.74, 6) is 0.686. The van der Waals surface area contributed by atoms with Gasteiger partial charge >= 0.3 is 0 Å². The minimum Gasteiger partial charge on any atom is -0.497 e. The largest absolute Gasteiger partial charge is 0.497 e. The first-order valence-electron chi connectivity index (χ1n) is 10.7. The fourth-order valence-electron chi connectivity index (χ4n) is 4.42. The molecule has 0 aromatic heterocycles. The highest BCUT2D eigenvalue weighted by atomic mass is 16.5. The number of methoxy groups -OCH3 is 1. The number of hydrogen-bond acceptors (Lipinski definition) is 4. The summed E-state index contributed by atoms with van der Waals surface area (Å²) in [5.41, 5.74) is 5.53. The number of carbonyl (C=O) groups is 1. The molecule has 156 valence electrons. The molecule has 4 rings (SSSR count). The number of ketones is 1. The van der Waals surface area contributed by atoms with E-state index in [4.69, 9.17) is 4.74 Å². The highest BCUT2D eigenvalue weighted by molar-refractivity contribution is 6.09. The molecule has 4 nitrogen and oxygen atoms in total. The van der Waals surface area contributed by atoms with Crippen molar-refractivity contribution < 1.29 is 9.53 Å². The molecule has 3 aromatic carbocycles. The van der Waals surface area contributed by atoms with Crippen LogP contribution in [-0.4, -0.2) is 26.0 Å². The maximum Gasteiger partial charge on any atom is 0.161 e. The maximum absolute atomic E-state index is 12.9. The van der Waals surface area contributed by atoms with Crippen molar-refractivity contribution in [3.63, 3.8) is 0 Å². The van der Waals surface area contributed by atoms with Gasteiger partial charge in [-0.15, -0.1) is 0 Å². The van der Waals surface area contributed by atoms with Crippen LogP contribution in [0.15, 0.2) is 60.7 Å². The Bertz CT molecular complexity index is 1120. The number of ether oxygens (including phenoxy) is 1. The predicted octanol–water partition coefficient (Wildman–Crippen LogP) is 6.09. The number of hydrogen-bond donors (Lipinski definition) is 0. The molecule has 3 aromatic rings. The predicted molar refractivity (Wildman–Crippen MR) is 125 cm³/mol. The Kier molecular flexibility index (Phi) is 6.04. The first kappa shape index (κ1) is 20.7. The van der Waals surface area contributed by atoms with Gasteiger partial charge in [-0.05, 0) is 61.1 Å². The second-order valence-electron chi connectivity index (χ2n) is 7.88. The molecule has 1 heterocycles. The van der Waals surface area contributed by atoms with Crippen LogP contribution in [0.2, 0.25) is 0 Å². The van der Waals surface area contributed by atoms with Crippen LogP contribution in [0.1, 0.15) is 42.1 Å². The van der Waals surface area contributed by atoms with Crippen molar-refractivity contribution in [1.82, 2.24) is 0 Å². The summed E-state index contributed by atoms with van der Waals surface area (Å²) >= 11 is 0. The van der Waals surface area contributed by atoms with E-state index in [0.717, 1.165) is 59.6 Å². The van der Waals surface area contributed by atoms with Gasteiger partial charge in [0.05, 0.1) is 18.4 Å². The third kappa shape index (κ3) is 4.04. The van der Waals surface area contributed by atoms with Gasteiger partial charge in [0.15, 0.2) is 5.78 Å². The van der Waals surface area contributed by atoms with Crippen LogP contribution < -0.4 is 9.64 Å². The first-order valence-corrected chi connectivity index (χ1v) is 10.7. The zero-order valence-electron chi connectivity index (χ0n) is 18.0. The lowest BCUT2D eigenvalue weighted by molar-refractivity contribution is 0.101. The van der Waals surface area contributed by atoms with Crippen molar-refractivity contribution in [1.29, 1.82) is 5.26 Å². The van der Waals surface area contributed by atoms with Crippen LogP contribution in [0.5, 0.6) is 5.75 Å². The molecule has 1 aliphatic rings. The number of anilines is 1. The van der Waals surface area contributed by atoms with Gasteiger partial charge in [-0.2, -0.15) is 5.26 Å². The lowest BCUT2D eigenvalue weighted by Crippen LogP contribution is -2.30. The van der Waals surface area contributed by atoms with Gasteiger partial charge in [0, 0.05) is 24.2 Å². The number of nitrogens with zero attached hydrogens (tertiary/aromatic N) is 2. The zero-order chi connectivity index (χ0) is 21.8. The van der Waals surface area contributed by atoms with Crippen molar-refractivity contribution in [2.75, 3.05) is 25.1 Å². The standard InChI is InChI=1S/C27H26N2O2/c1-19(30)26-24(18-28)25(29-15-7-4-8-16-29)17-23(20-11-13-22(31-2)14-12-20)27(26)21-9-5-3-6-10-21/h3,5-6,9-14,17H,4,7-8,15-16H2,1-2H3. The average Bonchev–Trinajstić information content (AvgIpc) is 2.83. The molecule has 1 fully saturated rings. The van der Waals surface area contributed by atoms with Crippen molar-refractivity contribution in [3.05, 3.63) is 71.8 Å². The van der Waals surface area contributed by atoms with Crippen LogP contribution in [-0.2, 0) is 0 Å². The smallest absolute Gasteiger partial charge is 0.161 e. The first-order chi connectivity index (χ1) is 15.1. The van der Waals surface area contributed by atoms with Gasteiger partial charge < -0.3 is 9.64 Å². The van der Waals surface area contributed by atoms with Gasteiger partial charge in [0.2, 0.25) is 0 Å². The molecule has 0 amide bonds. The van der Waals surface area contributed by atoms with Crippen LogP contribution >= 0.6 is 0 Å². The van der Waals surface area contributed by atoms with Crippen LogP contribution in [0.25, 0.3) is 22.3 Å². The molecule has 31 heavy (non-hydrogen) atoms. The summed E-state index contributed by atoms with van der Waals surface area (Å²) in [4.78, 5) is 15.2. The normalized spacial score (nSPS) is 13.5. The Balaban J connectivity index is 2.05. The molecular weight excluding hydrogens is 384 g/mol. The van der Waals surface area contributed by atoms with Crippen LogP contribution in [0.3, 0.4) is 0 Å². The third-order valence-corrected chi connectivity index (χ3v) is 5.93. The van der Waals surface area contributed by atoms with E-state index in [2.05, 4.69) is 17.0 Å². The number of benzene rings is 3. The molecule has 0 aliphatic carbocycles. The monoisotopic (exact) mass is 410 g/mol. The van der Waals surface area contributed by atoms with Gasteiger partial charge in [0.25, 0.3) is 0 Å². The summed E-state index contributed by atoms with van der Waals surface area (Å²) in [6, 6.07) is 22.2. The second-order valence-corrected chi connectivity index (χ2v) is 7.88. The van der Waals surface area contributed by atoms with E-state index in [-0.39, 0.29) is 5.78 Å². The number of nitriles is 1. The average molecular weight is 411 g/mol. The van der Waals surface area contributed by atoms with Crippen molar-refractivity contribution in [2.24, 2.45) is 0 Å². The van der Waals surface area contributed by atoms with Crippen molar-refractivity contribution in [3.8, 4) is 34.1 Å². The Morgan fingerprint density at radius 2 is 1.65 bits per heavy atom. The number of rotatable bonds is 5. The van der Waals surface area contributed by atoms with E-state index in [1.54, 1.807) is 14.0 Å². The van der Waals surface area contributed by atoms with E-state index >= 15 is 0 Å². The molecule has 0 unspecified atom stereocenters. The van der Waals surface area contributed by atoms with Crippen LogP contribution in [0, 0.1) is 11.3 Å². The lowest BCUT2D eigenvalue weighted by atomic mass is 9.85. The van der Waals surface area contributed by atoms with E-state index in [9.17, 15) is 10.1 Å². The molecular formula is C27H26N2O2. The molecule has 0 spiro atoms. The molecule has 4 heteroatoms. The van der Waals surface area contributed by atoms with Gasteiger partial charge in [-0.25, -0.2) is 0 Å². The van der Waals surface area contributed by atoms with E-state index < -0.39 is 0 Å². The second kappa shape index (κ2) is 9.06. The molecule has 0 saturated carbocycles. The Labute approximate surface area is 183 Å². The lowest BCUT2D eigenvalue weighted by Gasteiger charge is -2.31. The number of carbonyl (C=O) groups excluding carboxylic acids is 1. The zero-order valence-corrected chi connectivity index (χ0v) is 18.0. The fraction of sp³-hybridized carbons (Fsp3) is 0.259.